The first-order chi connectivity index (χ1) is 12.3. The summed E-state index contributed by atoms with van der Waals surface area (Å²) < 4.78 is 39.1. The molecule has 0 aliphatic heterocycles. The molecule has 0 aliphatic carbocycles. The van der Waals surface area contributed by atoms with Gasteiger partial charge in [0.15, 0.2) is 0 Å². The largest absolute Gasteiger partial charge is 0.433 e. The molecule has 0 fully saturated rings. The quantitative estimate of drug-likeness (QED) is 0.776. The fourth-order valence-corrected chi connectivity index (χ4v) is 2.30. The summed E-state index contributed by atoms with van der Waals surface area (Å²) in [5.74, 6) is -0.518. The molecule has 26 heavy (non-hydrogen) atoms. The fraction of sp³-hybridized carbons (Fsp3) is 0.176. The third-order valence-electron chi connectivity index (χ3n) is 3.68. The van der Waals surface area contributed by atoms with Crippen molar-refractivity contribution in [2.75, 3.05) is 0 Å². The molecule has 0 saturated carbocycles. The lowest BCUT2D eigenvalue weighted by molar-refractivity contribution is -0.141. The zero-order valence-electron chi connectivity index (χ0n) is 13.7. The summed E-state index contributed by atoms with van der Waals surface area (Å²) in [5.41, 5.74) is 1.29. The maximum Gasteiger partial charge on any atom is 0.433 e. The van der Waals surface area contributed by atoms with Gasteiger partial charge in [0.1, 0.15) is 5.69 Å². The number of carbonyl (C=O) groups is 1. The van der Waals surface area contributed by atoms with Crippen LogP contribution in [0.15, 0.2) is 48.9 Å². The molecule has 0 aromatic carbocycles. The summed E-state index contributed by atoms with van der Waals surface area (Å²) in [7, 11) is 1.74. The molecule has 0 atom stereocenters. The summed E-state index contributed by atoms with van der Waals surface area (Å²) >= 11 is 0. The molecular weight excluding hydrogens is 347 g/mol. The average molecular weight is 361 g/mol. The van der Waals surface area contributed by atoms with Crippen molar-refractivity contribution in [2.45, 2.75) is 12.7 Å². The van der Waals surface area contributed by atoms with E-state index in [0.29, 0.717) is 5.69 Å². The van der Waals surface area contributed by atoms with Crippen molar-refractivity contribution in [3.63, 3.8) is 0 Å². The number of nitrogens with zero attached hydrogens (tertiary/aromatic N) is 4. The number of halogens is 3. The normalized spacial score (nSPS) is 11.4. The van der Waals surface area contributed by atoms with Crippen LogP contribution in [0.2, 0.25) is 0 Å². The molecule has 6 nitrogen and oxygen atoms in total. The molecule has 3 aromatic heterocycles. The summed E-state index contributed by atoms with van der Waals surface area (Å²) in [5, 5.41) is 7.00. The minimum absolute atomic E-state index is 0.0488. The van der Waals surface area contributed by atoms with Crippen molar-refractivity contribution in [2.24, 2.45) is 7.05 Å². The Bertz CT molecular complexity index is 904. The molecule has 0 unspecified atom stereocenters. The third kappa shape index (κ3) is 3.88. The maximum absolute atomic E-state index is 12.5. The van der Waals surface area contributed by atoms with Gasteiger partial charge in [0.05, 0.1) is 23.5 Å². The fourth-order valence-electron chi connectivity index (χ4n) is 2.30. The number of aromatic nitrogens is 4. The number of amides is 1. The SMILES string of the molecule is Cn1nc(-c2cccnc2)cc1CNC(=O)c1ccc(C(F)(F)F)nc1. The average Bonchev–Trinajstić information content (AvgIpc) is 3.00. The van der Waals surface area contributed by atoms with Crippen molar-refractivity contribution in [1.29, 1.82) is 0 Å². The minimum Gasteiger partial charge on any atom is -0.346 e. The van der Waals surface area contributed by atoms with Gasteiger partial charge in [-0.05, 0) is 30.3 Å². The lowest BCUT2D eigenvalue weighted by atomic mass is 10.2. The van der Waals surface area contributed by atoms with Crippen LogP contribution in [0.25, 0.3) is 11.3 Å². The van der Waals surface area contributed by atoms with Gasteiger partial charge in [-0.3, -0.25) is 19.4 Å². The van der Waals surface area contributed by atoms with Crippen LogP contribution in [0.3, 0.4) is 0 Å². The van der Waals surface area contributed by atoms with E-state index in [-0.39, 0.29) is 12.1 Å². The van der Waals surface area contributed by atoms with E-state index in [0.717, 1.165) is 29.6 Å². The highest BCUT2D eigenvalue weighted by molar-refractivity contribution is 5.93. The van der Waals surface area contributed by atoms with Gasteiger partial charge < -0.3 is 5.32 Å². The van der Waals surface area contributed by atoms with E-state index >= 15 is 0 Å². The Labute approximate surface area is 146 Å². The van der Waals surface area contributed by atoms with Gasteiger partial charge in [0.25, 0.3) is 5.91 Å². The zero-order valence-corrected chi connectivity index (χ0v) is 13.7. The van der Waals surface area contributed by atoms with Crippen LogP contribution in [0, 0.1) is 0 Å². The van der Waals surface area contributed by atoms with Crippen molar-refractivity contribution in [3.8, 4) is 11.3 Å². The Morgan fingerprint density at radius 3 is 2.65 bits per heavy atom. The zero-order chi connectivity index (χ0) is 18.7. The molecule has 3 rings (SSSR count). The van der Waals surface area contributed by atoms with E-state index in [9.17, 15) is 18.0 Å². The molecule has 0 aliphatic rings. The highest BCUT2D eigenvalue weighted by Crippen LogP contribution is 2.27. The molecular formula is C17H14F3N5O. The molecule has 9 heteroatoms. The minimum atomic E-state index is -4.54. The Balaban J connectivity index is 1.67. The first kappa shape index (κ1) is 17.6. The van der Waals surface area contributed by atoms with E-state index in [1.165, 1.54) is 0 Å². The number of alkyl halides is 3. The Morgan fingerprint density at radius 1 is 1.23 bits per heavy atom. The van der Waals surface area contributed by atoms with E-state index in [1.807, 2.05) is 12.1 Å². The van der Waals surface area contributed by atoms with Gasteiger partial charge >= 0.3 is 6.18 Å². The number of carbonyl (C=O) groups excluding carboxylic acids is 1. The number of hydrogen-bond acceptors (Lipinski definition) is 4. The number of pyridine rings is 2. The lowest BCUT2D eigenvalue weighted by Gasteiger charge is -2.07. The van der Waals surface area contributed by atoms with Crippen LogP contribution in [0.1, 0.15) is 21.7 Å². The van der Waals surface area contributed by atoms with Gasteiger partial charge in [-0.15, -0.1) is 0 Å². The Hall–Kier alpha value is -3.23. The summed E-state index contributed by atoms with van der Waals surface area (Å²) in [6.45, 7) is 0.170. The van der Waals surface area contributed by atoms with E-state index in [2.05, 4.69) is 20.4 Å². The summed E-state index contributed by atoms with van der Waals surface area (Å²) in [6.07, 6.45) is -0.293. The van der Waals surface area contributed by atoms with Crippen LogP contribution >= 0.6 is 0 Å². The van der Waals surface area contributed by atoms with Crippen molar-refractivity contribution in [1.82, 2.24) is 25.1 Å². The number of hydrogen-bond donors (Lipinski definition) is 1. The molecule has 0 radical (unpaired) electrons. The third-order valence-corrected chi connectivity index (χ3v) is 3.68. The molecule has 0 bridgehead atoms. The predicted octanol–water partition coefficient (Wildman–Crippen LogP) is 2.83. The Morgan fingerprint density at radius 2 is 2.04 bits per heavy atom. The summed E-state index contributed by atoms with van der Waals surface area (Å²) in [4.78, 5) is 19.4. The van der Waals surface area contributed by atoms with Gasteiger partial charge in [-0.25, -0.2) is 0 Å². The molecule has 3 aromatic rings. The molecule has 134 valence electrons. The second kappa shape index (κ2) is 6.95. The Kier molecular flexibility index (Phi) is 4.70. The molecule has 0 saturated heterocycles. The van der Waals surface area contributed by atoms with Crippen molar-refractivity contribution >= 4 is 5.91 Å². The molecule has 1 amide bonds. The first-order valence-electron chi connectivity index (χ1n) is 7.59. The van der Waals surface area contributed by atoms with Crippen LogP contribution in [-0.4, -0.2) is 25.7 Å². The van der Waals surface area contributed by atoms with Crippen LogP contribution in [0.5, 0.6) is 0 Å². The maximum atomic E-state index is 12.5. The number of nitrogens with one attached hydrogen (secondary N) is 1. The number of aryl methyl sites for hydroxylation is 1. The lowest BCUT2D eigenvalue weighted by Crippen LogP contribution is -2.24. The summed E-state index contributed by atoms with van der Waals surface area (Å²) in [6, 6.07) is 7.34. The van der Waals surface area contributed by atoms with Gasteiger partial charge in [0, 0.05) is 31.2 Å². The standard InChI is InChI=1S/C17H14F3N5O/c1-25-13(7-14(24-25)11-3-2-6-21-8-11)10-23-16(26)12-4-5-15(22-9-12)17(18,19)20/h2-9H,10H2,1H3,(H,23,26). The monoisotopic (exact) mass is 361 g/mol. The van der Waals surface area contributed by atoms with E-state index in [4.69, 9.17) is 0 Å². The van der Waals surface area contributed by atoms with Crippen LogP contribution in [-0.2, 0) is 19.8 Å². The topological polar surface area (TPSA) is 72.7 Å². The van der Waals surface area contributed by atoms with Crippen LogP contribution in [0.4, 0.5) is 13.2 Å². The second-order valence-corrected chi connectivity index (χ2v) is 5.50. The van der Waals surface area contributed by atoms with E-state index < -0.39 is 17.8 Å². The molecule has 1 N–H and O–H groups in total. The second-order valence-electron chi connectivity index (χ2n) is 5.50. The van der Waals surface area contributed by atoms with Gasteiger partial charge in [-0.1, -0.05) is 0 Å². The highest BCUT2D eigenvalue weighted by atomic mass is 19.4. The van der Waals surface area contributed by atoms with Gasteiger partial charge in [0.2, 0.25) is 0 Å². The smallest absolute Gasteiger partial charge is 0.346 e. The van der Waals surface area contributed by atoms with Crippen molar-refractivity contribution < 1.29 is 18.0 Å². The predicted molar refractivity (Wildman–Crippen MR) is 86.8 cm³/mol. The number of rotatable bonds is 4. The van der Waals surface area contributed by atoms with Crippen molar-refractivity contribution in [3.05, 3.63) is 65.9 Å². The molecule has 0 spiro atoms. The van der Waals surface area contributed by atoms with E-state index in [1.54, 1.807) is 30.2 Å². The highest BCUT2D eigenvalue weighted by Gasteiger charge is 2.32. The van der Waals surface area contributed by atoms with Gasteiger partial charge in [-0.2, -0.15) is 18.3 Å². The molecule has 3 heterocycles. The first-order valence-corrected chi connectivity index (χ1v) is 7.59. The van der Waals surface area contributed by atoms with Crippen LogP contribution < -0.4 is 5.32 Å².